The van der Waals surface area contributed by atoms with Gasteiger partial charge in [-0.05, 0) is 62.7 Å². The average molecular weight is 388 g/mol. The van der Waals surface area contributed by atoms with E-state index < -0.39 is 21.7 Å². The predicted molar refractivity (Wildman–Crippen MR) is 91.5 cm³/mol. The lowest BCUT2D eigenvalue weighted by molar-refractivity contribution is -0.141. The maximum absolute atomic E-state index is 12.6. The molecule has 3 aliphatic rings. The van der Waals surface area contributed by atoms with Gasteiger partial charge in [0.25, 0.3) is 0 Å². The summed E-state index contributed by atoms with van der Waals surface area (Å²) in [6.45, 7) is 1.86. The minimum atomic E-state index is -4.39. The number of nitrogens with zero attached hydrogens (tertiary/aromatic N) is 2. The van der Waals surface area contributed by atoms with Gasteiger partial charge in [0.1, 0.15) is 5.69 Å². The minimum Gasteiger partial charge on any atom is -0.300 e. The van der Waals surface area contributed by atoms with Crippen LogP contribution in [-0.4, -0.2) is 48.9 Å². The SMILES string of the molecule is O=S1(=O)CC2(CCN([C@H]3CC[C@H](c4ccc(C(F)(F)F)nc4)C3)CC2)C1. The summed E-state index contributed by atoms with van der Waals surface area (Å²) in [5.41, 5.74) is 0.0664. The number of likely N-dealkylation sites (tertiary alicyclic amines) is 1. The molecule has 3 fully saturated rings. The van der Waals surface area contributed by atoms with E-state index in [-0.39, 0.29) is 11.3 Å². The van der Waals surface area contributed by atoms with Crippen molar-refractivity contribution < 1.29 is 21.6 Å². The fourth-order valence-corrected chi connectivity index (χ4v) is 7.31. The zero-order valence-corrected chi connectivity index (χ0v) is 15.3. The molecule has 1 aromatic rings. The Bertz CT molecular complexity index is 755. The molecule has 1 aromatic heterocycles. The van der Waals surface area contributed by atoms with Gasteiger partial charge in [-0.1, -0.05) is 6.07 Å². The molecule has 0 N–H and O–H groups in total. The van der Waals surface area contributed by atoms with Crippen molar-refractivity contribution >= 4 is 9.84 Å². The van der Waals surface area contributed by atoms with E-state index >= 15 is 0 Å². The van der Waals surface area contributed by atoms with Crippen LogP contribution in [0, 0.1) is 5.41 Å². The molecule has 2 atom stereocenters. The highest BCUT2D eigenvalue weighted by Gasteiger charge is 2.50. The number of halogens is 3. The molecule has 0 amide bonds. The quantitative estimate of drug-likeness (QED) is 0.781. The van der Waals surface area contributed by atoms with Gasteiger partial charge in [0.2, 0.25) is 0 Å². The Morgan fingerprint density at radius 2 is 1.81 bits per heavy atom. The lowest BCUT2D eigenvalue weighted by Gasteiger charge is -2.48. The van der Waals surface area contributed by atoms with E-state index in [1.165, 1.54) is 6.20 Å². The summed E-state index contributed by atoms with van der Waals surface area (Å²) in [6.07, 6.45) is 1.81. The highest BCUT2D eigenvalue weighted by Crippen LogP contribution is 2.45. The lowest BCUT2D eigenvalue weighted by Crippen LogP contribution is -2.55. The van der Waals surface area contributed by atoms with Gasteiger partial charge in [-0.2, -0.15) is 13.2 Å². The first-order valence-electron chi connectivity index (χ1n) is 9.14. The molecule has 26 heavy (non-hydrogen) atoms. The van der Waals surface area contributed by atoms with Crippen molar-refractivity contribution in [3.63, 3.8) is 0 Å². The summed E-state index contributed by atoms with van der Waals surface area (Å²) in [5.74, 6) is 0.950. The number of rotatable bonds is 2. The van der Waals surface area contributed by atoms with Crippen LogP contribution in [0.1, 0.15) is 49.3 Å². The van der Waals surface area contributed by atoms with Gasteiger partial charge in [-0.3, -0.25) is 4.98 Å². The van der Waals surface area contributed by atoms with Crippen LogP contribution < -0.4 is 0 Å². The van der Waals surface area contributed by atoms with E-state index in [4.69, 9.17) is 0 Å². The van der Waals surface area contributed by atoms with Crippen LogP contribution in [0.5, 0.6) is 0 Å². The number of aromatic nitrogens is 1. The van der Waals surface area contributed by atoms with E-state index in [1.807, 2.05) is 0 Å². The van der Waals surface area contributed by atoms with Crippen LogP contribution in [0.2, 0.25) is 0 Å². The summed E-state index contributed by atoms with van der Waals surface area (Å²) in [4.78, 5) is 6.04. The largest absolute Gasteiger partial charge is 0.433 e. The highest BCUT2D eigenvalue weighted by atomic mass is 32.2. The number of hydrogen-bond donors (Lipinski definition) is 0. The van der Waals surface area contributed by atoms with E-state index in [0.717, 1.165) is 56.8 Å². The summed E-state index contributed by atoms with van der Waals surface area (Å²) < 4.78 is 60.9. The molecule has 0 unspecified atom stereocenters. The topological polar surface area (TPSA) is 50.3 Å². The van der Waals surface area contributed by atoms with Gasteiger partial charge in [0, 0.05) is 17.7 Å². The molecule has 144 valence electrons. The lowest BCUT2D eigenvalue weighted by atomic mass is 9.80. The highest BCUT2D eigenvalue weighted by molar-refractivity contribution is 7.92. The van der Waals surface area contributed by atoms with Crippen LogP contribution in [0.15, 0.2) is 18.3 Å². The predicted octanol–water partition coefficient (Wildman–Crippen LogP) is 3.25. The molecule has 1 aliphatic carbocycles. The van der Waals surface area contributed by atoms with Crippen molar-refractivity contribution in [3.8, 4) is 0 Å². The van der Waals surface area contributed by atoms with Crippen LogP contribution in [0.25, 0.3) is 0 Å². The first-order chi connectivity index (χ1) is 12.2. The molecule has 2 saturated heterocycles. The van der Waals surface area contributed by atoms with E-state index in [1.54, 1.807) is 6.07 Å². The minimum absolute atomic E-state index is 0.0185. The zero-order valence-electron chi connectivity index (χ0n) is 14.5. The van der Waals surface area contributed by atoms with Crippen molar-refractivity contribution in [2.45, 2.75) is 50.2 Å². The molecule has 4 nitrogen and oxygen atoms in total. The van der Waals surface area contributed by atoms with Gasteiger partial charge in [0.15, 0.2) is 9.84 Å². The Hall–Kier alpha value is -1.15. The Morgan fingerprint density at radius 3 is 2.35 bits per heavy atom. The van der Waals surface area contributed by atoms with Gasteiger partial charge in [0.05, 0.1) is 11.5 Å². The Labute approximate surface area is 151 Å². The Kier molecular flexibility index (Phi) is 4.34. The third kappa shape index (κ3) is 3.50. The molecule has 1 spiro atoms. The molecular formula is C18H23F3N2O2S. The summed E-state index contributed by atoms with van der Waals surface area (Å²) in [5, 5.41) is 0. The number of sulfone groups is 1. The Balaban J connectivity index is 1.33. The average Bonchev–Trinajstić information content (AvgIpc) is 3.03. The number of hydrogen-bond acceptors (Lipinski definition) is 4. The van der Waals surface area contributed by atoms with Crippen molar-refractivity contribution in [2.24, 2.45) is 5.41 Å². The first kappa shape index (κ1) is 18.2. The fraction of sp³-hybridized carbons (Fsp3) is 0.722. The van der Waals surface area contributed by atoms with Crippen LogP contribution in [0.4, 0.5) is 13.2 Å². The molecule has 1 saturated carbocycles. The molecule has 2 aliphatic heterocycles. The zero-order chi connectivity index (χ0) is 18.6. The van der Waals surface area contributed by atoms with E-state index in [0.29, 0.717) is 17.5 Å². The standard InChI is InChI=1S/C18H23F3N2O2S/c19-18(20,21)16-4-2-14(10-22-16)13-1-3-15(9-13)23-7-5-17(6-8-23)11-26(24,25)12-17/h2,4,10,13,15H,1,3,5-9,11-12H2/t13-,15-/m0/s1. The first-order valence-corrected chi connectivity index (χ1v) is 11.0. The molecule has 3 heterocycles. The van der Waals surface area contributed by atoms with Crippen molar-refractivity contribution in [2.75, 3.05) is 24.6 Å². The number of piperidine rings is 1. The Morgan fingerprint density at radius 1 is 1.12 bits per heavy atom. The van der Waals surface area contributed by atoms with Crippen molar-refractivity contribution in [3.05, 3.63) is 29.6 Å². The van der Waals surface area contributed by atoms with Gasteiger partial charge in [-0.25, -0.2) is 8.42 Å². The maximum Gasteiger partial charge on any atom is 0.433 e. The third-order valence-corrected chi connectivity index (χ3v) is 8.48. The molecule has 0 aromatic carbocycles. The number of alkyl halides is 3. The second-order valence-electron chi connectivity index (χ2n) is 8.21. The van der Waals surface area contributed by atoms with Crippen LogP contribution in [-0.2, 0) is 16.0 Å². The normalized spacial score (nSPS) is 31.0. The summed E-state index contributed by atoms with van der Waals surface area (Å²) in [6, 6.07) is 3.08. The summed E-state index contributed by atoms with van der Waals surface area (Å²) in [7, 11) is -2.79. The van der Waals surface area contributed by atoms with E-state index in [2.05, 4.69) is 9.88 Å². The smallest absolute Gasteiger partial charge is 0.300 e. The second-order valence-corrected chi connectivity index (χ2v) is 10.3. The monoisotopic (exact) mass is 388 g/mol. The fourth-order valence-electron chi connectivity index (χ4n) is 4.95. The van der Waals surface area contributed by atoms with Gasteiger partial charge in [-0.15, -0.1) is 0 Å². The molecule has 0 radical (unpaired) electrons. The molecule has 0 bridgehead atoms. The van der Waals surface area contributed by atoms with Crippen molar-refractivity contribution in [1.82, 2.24) is 9.88 Å². The van der Waals surface area contributed by atoms with Crippen LogP contribution >= 0.6 is 0 Å². The van der Waals surface area contributed by atoms with Gasteiger partial charge < -0.3 is 4.90 Å². The maximum atomic E-state index is 12.6. The molecule has 8 heteroatoms. The van der Waals surface area contributed by atoms with E-state index in [9.17, 15) is 21.6 Å². The molecule has 4 rings (SSSR count). The number of pyridine rings is 1. The van der Waals surface area contributed by atoms with Crippen LogP contribution in [0.3, 0.4) is 0 Å². The van der Waals surface area contributed by atoms with Gasteiger partial charge >= 0.3 is 6.18 Å². The van der Waals surface area contributed by atoms with Crippen molar-refractivity contribution in [1.29, 1.82) is 0 Å². The second kappa shape index (κ2) is 6.19. The summed E-state index contributed by atoms with van der Waals surface area (Å²) >= 11 is 0. The third-order valence-electron chi connectivity index (χ3n) is 6.38. The molecular weight excluding hydrogens is 365 g/mol.